The average Bonchev–Trinajstić information content (AvgIpc) is 3.21. The summed E-state index contributed by atoms with van der Waals surface area (Å²) in [6.45, 7) is 0.786. The second kappa shape index (κ2) is 5.14. The first kappa shape index (κ1) is 14.2. The quantitative estimate of drug-likeness (QED) is 0.801. The van der Waals surface area contributed by atoms with Crippen molar-refractivity contribution >= 4 is 11.0 Å². The topological polar surface area (TPSA) is 74.5 Å². The highest BCUT2D eigenvalue weighted by atomic mass is 15.3. The molecule has 6 nitrogen and oxygen atoms in total. The minimum Gasteiger partial charge on any atom is -0.348 e. The molecule has 5 rings (SSSR count). The van der Waals surface area contributed by atoms with Gasteiger partial charge in [-0.05, 0) is 44.2 Å². The summed E-state index contributed by atoms with van der Waals surface area (Å²) < 4.78 is 4.19. The zero-order valence-electron chi connectivity index (χ0n) is 13.9. The molecule has 2 saturated carbocycles. The lowest BCUT2D eigenvalue weighted by atomic mass is 9.80. The SMILES string of the molecule is Cn1ccc2nc(-c3cn([C@H]4C[C@H](CN)C4)nc3C3CC3)ncc21. The molecule has 2 N–H and O–H groups in total. The Balaban J connectivity index is 1.54. The van der Waals surface area contributed by atoms with Crippen LogP contribution in [0, 0.1) is 5.92 Å². The number of rotatable bonds is 4. The lowest BCUT2D eigenvalue weighted by Crippen LogP contribution is -2.32. The monoisotopic (exact) mass is 322 g/mol. The Bertz CT molecular complexity index is 898. The number of nitrogens with two attached hydrogens (primary N) is 1. The van der Waals surface area contributed by atoms with Gasteiger partial charge in [0, 0.05) is 25.4 Å². The summed E-state index contributed by atoms with van der Waals surface area (Å²) in [4.78, 5) is 9.40. The van der Waals surface area contributed by atoms with Gasteiger partial charge in [-0.15, -0.1) is 0 Å². The minimum atomic E-state index is 0.491. The Hall–Kier alpha value is -2.21. The first-order valence-corrected chi connectivity index (χ1v) is 8.80. The molecule has 3 aromatic rings. The number of fused-ring (bicyclic) bond motifs is 1. The molecule has 2 aliphatic rings. The maximum absolute atomic E-state index is 5.76. The number of aryl methyl sites for hydroxylation is 1. The van der Waals surface area contributed by atoms with E-state index in [9.17, 15) is 0 Å². The van der Waals surface area contributed by atoms with Crippen molar-refractivity contribution in [3.63, 3.8) is 0 Å². The molecule has 3 aromatic heterocycles. The van der Waals surface area contributed by atoms with Crippen molar-refractivity contribution in [3.05, 3.63) is 30.4 Å². The lowest BCUT2D eigenvalue weighted by molar-refractivity contribution is 0.189. The van der Waals surface area contributed by atoms with E-state index in [1.807, 2.05) is 30.1 Å². The van der Waals surface area contributed by atoms with Gasteiger partial charge in [-0.2, -0.15) is 5.10 Å². The third-order valence-corrected chi connectivity index (χ3v) is 5.52. The van der Waals surface area contributed by atoms with Crippen molar-refractivity contribution < 1.29 is 0 Å². The molecule has 0 bridgehead atoms. The molecule has 124 valence electrons. The van der Waals surface area contributed by atoms with E-state index in [-0.39, 0.29) is 0 Å². The predicted octanol–water partition coefficient (Wildman–Crippen LogP) is 2.62. The van der Waals surface area contributed by atoms with Crippen molar-refractivity contribution in [2.75, 3.05) is 6.54 Å². The molecule has 6 heteroatoms. The number of aromatic nitrogens is 5. The van der Waals surface area contributed by atoms with Gasteiger partial charge in [0.15, 0.2) is 5.82 Å². The van der Waals surface area contributed by atoms with Crippen molar-refractivity contribution in [1.82, 2.24) is 24.3 Å². The molecular formula is C18H22N6. The van der Waals surface area contributed by atoms with Crippen molar-refractivity contribution in [2.45, 2.75) is 37.6 Å². The van der Waals surface area contributed by atoms with Crippen LogP contribution < -0.4 is 5.73 Å². The van der Waals surface area contributed by atoms with Crippen LogP contribution >= 0.6 is 0 Å². The van der Waals surface area contributed by atoms with Crippen molar-refractivity contribution in [3.8, 4) is 11.4 Å². The van der Waals surface area contributed by atoms with Crippen LogP contribution in [0.5, 0.6) is 0 Å². The molecule has 0 aliphatic heterocycles. The molecule has 24 heavy (non-hydrogen) atoms. The van der Waals surface area contributed by atoms with Crippen LogP contribution in [0.2, 0.25) is 0 Å². The third kappa shape index (κ3) is 2.17. The first-order valence-electron chi connectivity index (χ1n) is 8.80. The van der Waals surface area contributed by atoms with Gasteiger partial charge in [0.25, 0.3) is 0 Å². The van der Waals surface area contributed by atoms with E-state index in [0.29, 0.717) is 17.9 Å². The van der Waals surface area contributed by atoms with Gasteiger partial charge >= 0.3 is 0 Å². The fourth-order valence-corrected chi connectivity index (χ4v) is 3.71. The van der Waals surface area contributed by atoms with Crippen LogP contribution in [-0.4, -0.2) is 30.9 Å². The maximum atomic E-state index is 5.76. The van der Waals surface area contributed by atoms with Gasteiger partial charge in [0.05, 0.1) is 34.5 Å². The second-order valence-electron chi connectivity index (χ2n) is 7.30. The van der Waals surface area contributed by atoms with Crippen LogP contribution in [0.15, 0.2) is 24.7 Å². The predicted molar refractivity (Wildman–Crippen MR) is 92.5 cm³/mol. The van der Waals surface area contributed by atoms with Gasteiger partial charge in [-0.1, -0.05) is 0 Å². The van der Waals surface area contributed by atoms with Crippen LogP contribution in [0.25, 0.3) is 22.4 Å². The highest BCUT2D eigenvalue weighted by molar-refractivity contribution is 5.77. The standard InChI is InChI=1S/C18H22N6/c1-23-5-4-15-16(23)9-20-18(21-15)14-10-24(13-6-11(7-13)8-19)22-17(14)12-2-3-12/h4-5,9-13H,2-3,6-8,19H2,1H3/t11-,13-. The number of nitrogens with zero attached hydrogens (tertiary/aromatic N) is 5. The van der Waals surface area contributed by atoms with Gasteiger partial charge in [0.2, 0.25) is 0 Å². The molecule has 2 aliphatic carbocycles. The smallest absolute Gasteiger partial charge is 0.163 e. The normalized spacial score (nSPS) is 23.6. The van der Waals surface area contributed by atoms with E-state index in [1.54, 1.807) is 0 Å². The van der Waals surface area contributed by atoms with Crippen LogP contribution in [-0.2, 0) is 7.05 Å². The maximum Gasteiger partial charge on any atom is 0.163 e. The van der Waals surface area contributed by atoms with E-state index in [4.69, 9.17) is 15.8 Å². The van der Waals surface area contributed by atoms with E-state index in [0.717, 1.165) is 41.8 Å². The Kier molecular flexibility index (Phi) is 3.03. The van der Waals surface area contributed by atoms with E-state index >= 15 is 0 Å². The Morgan fingerprint density at radius 3 is 2.88 bits per heavy atom. The molecule has 0 saturated heterocycles. The molecule has 0 amide bonds. The van der Waals surface area contributed by atoms with Gasteiger partial charge in [-0.25, -0.2) is 9.97 Å². The second-order valence-corrected chi connectivity index (χ2v) is 7.30. The summed E-state index contributed by atoms with van der Waals surface area (Å²) >= 11 is 0. The Labute approximate surface area is 140 Å². The van der Waals surface area contributed by atoms with E-state index < -0.39 is 0 Å². The van der Waals surface area contributed by atoms with Gasteiger partial charge < -0.3 is 10.3 Å². The number of hydrogen-bond acceptors (Lipinski definition) is 4. The highest BCUT2D eigenvalue weighted by Gasteiger charge is 2.34. The molecule has 0 radical (unpaired) electrons. The average molecular weight is 322 g/mol. The summed E-state index contributed by atoms with van der Waals surface area (Å²) in [6, 6.07) is 2.53. The van der Waals surface area contributed by atoms with Gasteiger partial charge in [0.1, 0.15) is 0 Å². The van der Waals surface area contributed by atoms with Crippen molar-refractivity contribution in [2.24, 2.45) is 18.7 Å². The molecule has 3 heterocycles. The fourth-order valence-electron chi connectivity index (χ4n) is 3.71. The lowest BCUT2D eigenvalue weighted by Gasteiger charge is -2.34. The molecule has 2 fully saturated rings. The molecule has 0 aromatic carbocycles. The summed E-state index contributed by atoms with van der Waals surface area (Å²) in [7, 11) is 2.02. The molecule has 0 spiro atoms. The largest absolute Gasteiger partial charge is 0.348 e. The van der Waals surface area contributed by atoms with Crippen LogP contribution in [0.4, 0.5) is 0 Å². The van der Waals surface area contributed by atoms with Crippen molar-refractivity contribution in [1.29, 1.82) is 0 Å². The zero-order valence-corrected chi connectivity index (χ0v) is 13.9. The summed E-state index contributed by atoms with van der Waals surface area (Å²) in [6.07, 6.45) is 10.8. The molecule has 0 unspecified atom stereocenters. The third-order valence-electron chi connectivity index (χ3n) is 5.52. The summed E-state index contributed by atoms with van der Waals surface area (Å²) in [5.74, 6) is 2.04. The van der Waals surface area contributed by atoms with Crippen LogP contribution in [0.1, 0.15) is 43.3 Å². The van der Waals surface area contributed by atoms with E-state index in [1.165, 1.54) is 18.5 Å². The Morgan fingerprint density at radius 2 is 2.12 bits per heavy atom. The van der Waals surface area contributed by atoms with E-state index in [2.05, 4.69) is 15.9 Å². The first-order chi connectivity index (χ1) is 11.7. The molecular weight excluding hydrogens is 300 g/mol. The Morgan fingerprint density at radius 1 is 1.29 bits per heavy atom. The number of hydrogen-bond donors (Lipinski definition) is 1. The minimum absolute atomic E-state index is 0.491. The summed E-state index contributed by atoms with van der Waals surface area (Å²) in [5.41, 5.74) is 10.1. The summed E-state index contributed by atoms with van der Waals surface area (Å²) in [5, 5.41) is 4.92. The van der Waals surface area contributed by atoms with Crippen LogP contribution in [0.3, 0.4) is 0 Å². The van der Waals surface area contributed by atoms with Gasteiger partial charge in [-0.3, -0.25) is 4.68 Å². The fraction of sp³-hybridized carbons (Fsp3) is 0.500. The molecule has 0 atom stereocenters. The highest BCUT2D eigenvalue weighted by Crippen LogP contribution is 2.45. The zero-order chi connectivity index (χ0) is 16.3.